The van der Waals surface area contributed by atoms with E-state index >= 15 is 0 Å². The van der Waals surface area contributed by atoms with E-state index in [1.807, 2.05) is 11.9 Å². The molecule has 1 aliphatic carbocycles. The molecule has 1 aromatic rings. The topological polar surface area (TPSA) is 15.3 Å². The molecule has 1 N–H and O–H groups in total. The Labute approximate surface area is 99.6 Å². The van der Waals surface area contributed by atoms with Crippen molar-refractivity contribution in [2.24, 2.45) is 0 Å². The third-order valence-electron chi connectivity index (χ3n) is 3.95. The first-order valence-corrected chi connectivity index (χ1v) is 6.15. The van der Waals surface area contributed by atoms with Gasteiger partial charge in [0.1, 0.15) is 5.82 Å². The average molecular weight is 238 g/mol. The second kappa shape index (κ2) is 3.86. The summed E-state index contributed by atoms with van der Waals surface area (Å²) in [5.41, 5.74) is 1.10. The van der Waals surface area contributed by atoms with Crippen LogP contribution in [-0.2, 0) is 0 Å². The molecule has 2 aliphatic rings. The highest BCUT2D eigenvalue weighted by Crippen LogP contribution is 2.39. The van der Waals surface area contributed by atoms with E-state index in [2.05, 4.69) is 5.32 Å². The minimum Gasteiger partial charge on any atom is -0.378 e. The fourth-order valence-corrected chi connectivity index (χ4v) is 3.14. The fraction of sp³-hybridized carbons (Fsp3) is 0.538. The normalized spacial score (nSPS) is 27.1. The molecule has 2 unspecified atom stereocenters. The van der Waals surface area contributed by atoms with Gasteiger partial charge in [-0.05, 0) is 18.9 Å². The number of anilines is 2. The summed E-state index contributed by atoms with van der Waals surface area (Å²) in [6.07, 6.45) is 4.53. The largest absolute Gasteiger partial charge is 0.378 e. The molecule has 4 heteroatoms. The number of fused-ring (bicyclic) bond motifs is 2. The number of rotatable bonds is 0. The predicted octanol–water partition coefficient (Wildman–Crippen LogP) is 3.14. The molecular weight excluding hydrogens is 222 g/mol. The number of nitrogens with one attached hydrogen (secondary N) is 1. The number of hydrogen-bond acceptors (Lipinski definition) is 2. The maximum absolute atomic E-state index is 13.8. The molecule has 1 saturated carbocycles. The molecule has 0 spiro atoms. The van der Waals surface area contributed by atoms with Crippen LogP contribution in [0, 0.1) is 11.6 Å². The van der Waals surface area contributed by atoms with Crippen molar-refractivity contribution in [1.29, 1.82) is 0 Å². The summed E-state index contributed by atoms with van der Waals surface area (Å²) < 4.78 is 27.0. The number of halogens is 2. The lowest BCUT2D eigenvalue weighted by molar-refractivity contribution is 0.381. The van der Waals surface area contributed by atoms with Crippen LogP contribution in [0.2, 0.25) is 0 Å². The van der Waals surface area contributed by atoms with Crippen LogP contribution in [0.5, 0.6) is 0 Å². The lowest BCUT2D eigenvalue weighted by Gasteiger charge is -2.45. The zero-order valence-corrected chi connectivity index (χ0v) is 9.84. The summed E-state index contributed by atoms with van der Waals surface area (Å²) in [4.78, 5) is 1.98. The molecule has 1 fully saturated rings. The van der Waals surface area contributed by atoms with Crippen LogP contribution in [0.1, 0.15) is 25.7 Å². The Hall–Kier alpha value is -1.32. The van der Waals surface area contributed by atoms with Gasteiger partial charge in [0, 0.05) is 25.2 Å². The van der Waals surface area contributed by atoms with Gasteiger partial charge >= 0.3 is 0 Å². The summed E-state index contributed by atoms with van der Waals surface area (Å²) in [5.74, 6) is -0.990. The molecule has 3 rings (SSSR count). The molecule has 0 bridgehead atoms. The van der Waals surface area contributed by atoms with Gasteiger partial charge in [0.2, 0.25) is 0 Å². The smallest absolute Gasteiger partial charge is 0.151 e. The molecule has 0 radical (unpaired) electrons. The maximum Gasteiger partial charge on any atom is 0.151 e. The quantitative estimate of drug-likeness (QED) is 0.747. The minimum absolute atomic E-state index is 0.322. The summed E-state index contributed by atoms with van der Waals surface area (Å²) in [6.45, 7) is 0. The SMILES string of the molecule is CN1c2c(F)cc(F)cc2NC2CCCCC21. The van der Waals surface area contributed by atoms with E-state index in [0.29, 0.717) is 23.5 Å². The second-order valence-corrected chi connectivity index (χ2v) is 5.00. The van der Waals surface area contributed by atoms with Crippen LogP contribution in [0.15, 0.2) is 12.1 Å². The molecular formula is C13H16F2N2. The van der Waals surface area contributed by atoms with Crippen LogP contribution in [0.25, 0.3) is 0 Å². The fourth-order valence-electron chi connectivity index (χ4n) is 3.14. The number of nitrogens with zero attached hydrogens (tertiary/aromatic N) is 1. The predicted molar refractivity (Wildman–Crippen MR) is 64.4 cm³/mol. The van der Waals surface area contributed by atoms with E-state index in [9.17, 15) is 8.78 Å². The zero-order chi connectivity index (χ0) is 12.0. The van der Waals surface area contributed by atoms with Crippen LogP contribution in [0.4, 0.5) is 20.2 Å². The summed E-state index contributed by atoms with van der Waals surface area (Å²) in [7, 11) is 1.91. The van der Waals surface area contributed by atoms with Crippen molar-refractivity contribution in [3.8, 4) is 0 Å². The molecule has 1 heterocycles. The van der Waals surface area contributed by atoms with E-state index in [-0.39, 0.29) is 0 Å². The van der Waals surface area contributed by atoms with Gasteiger partial charge in [-0.3, -0.25) is 0 Å². The summed E-state index contributed by atoms with van der Waals surface area (Å²) in [5, 5.41) is 3.29. The molecule has 2 nitrogen and oxygen atoms in total. The highest BCUT2D eigenvalue weighted by Gasteiger charge is 2.35. The Balaban J connectivity index is 2.05. The van der Waals surface area contributed by atoms with Gasteiger partial charge in [-0.25, -0.2) is 8.78 Å². The van der Waals surface area contributed by atoms with Crippen molar-refractivity contribution in [1.82, 2.24) is 0 Å². The Kier molecular flexibility index (Phi) is 2.45. The van der Waals surface area contributed by atoms with E-state index in [1.165, 1.54) is 18.9 Å². The Bertz CT molecular complexity index is 447. The highest BCUT2D eigenvalue weighted by molar-refractivity contribution is 5.74. The standard InChI is InChI=1S/C13H16F2N2/c1-17-12-5-3-2-4-10(12)16-11-7-8(14)6-9(15)13(11)17/h6-7,10,12,16H,2-5H2,1H3. The van der Waals surface area contributed by atoms with Crippen molar-refractivity contribution < 1.29 is 8.78 Å². The van der Waals surface area contributed by atoms with E-state index < -0.39 is 11.6 Å². The first-order chi connectivity index (χ1) is 8.16. The van der Waals surface area contributed by atoms with E-state index in [4.69, 9.17) is 0 Å². The molecule has 92 valence electrons. The Morgan fingerprint density at radius 1 is 1.24 bits per heavy atom. The highest BCUT2D eigenvalue weighted by atomic mass is 19.1. The molecule has 1 aliphatic heterocycles. The van der Waals surface area contributed by atoms with E-state index in [0.717, 1.165) is 18.9 Å². The lowest BCUT2D eigenvalue weighted by atomic mass is 9.87. The monoisotopic (exact) mass is 238 g/mol. The van der Waals surface area contributed by atoms with E-state index in [1.54, 1.807) is 0 Å². The number of hydrogen-bond donors (Lipinski definition) is 1. The van der Waals surface area contributed by atoms with Gasteiger partial charge in [-0.2, -0.15) is 0 Å². The van der Waals surface area contributed by atoms with Crippen LogP contribution in [0.3, 0.4) is 0 Å². The van der Waals surface area contributed by atoms with Gasteiger partial charge in [0.05, 0.1) is 11.4 Å². The number of likely N-dealkylation sites (N-methyl/N-ethyl adjacent to an activating group) is 1. The molecule has 1 aromatic carbocycles. The van der Waals surface area contributed by atoms with Gasteiger partial charge in [-0.15, -0.1) is 0 Å². The van der Waals surface area contributed by atoms with Crippen molar-refractivity contribution in [3.63, 3.8) is 0 Å². The van der Waals surface area contributed by atoms with Gasteiger partial charge in [0.25, 0.3) is 0 Å². The van der Waals surface area contributed by atoms with Gasteiger partial charge < -0.3 is 10.2 Å². The first kappa shape index (κ1) is 10.8. The van der Waals surface area contributed by atoms with Crippen molar-refractivity contribution in [2.75, 3.05) is 17.3 Å². The van der Waals surface area contributed by atoms with Gasteiger partial charge in [-0.1, -0.05) is 12.8 Å². The number of benzene rings is 1. The lowest BCUT2D eigenvalue weighted by Crippen LogP contribution is -2.51. The van der Waals surface area contributed by atoms with Crippen molar-refractivity contribution >= 4 is 11.4 Å². The van der Waals surface area contributed by atoms with Crippen molar-refractivity contribution in [3.05, 3.63) is 23.8 Å². The third-order valence-corrected chi connectivity index (χ3v) is 3.95. The zero-order valence-electron chi connectivity index (χ0n) is 9.84. The van der Waals surface area contributed by atoms with Crippen LogP contribution < -0.4 is 10.2 Å². The average Bonchev–Trinajstić information content (AvgIpc) is 2.28. The first-order valence-electron chi connectivity index (χ1n) is 6.15. The van der Waals surface area contributed by atoms with Crippen LogP contribution in [-0.4, -0.2) is 19.1 Å². The molecule has 17 heavy (non-hydrogen) atoms. The maximum atomic E-state index is 13.8. The Morgan fingerprint density at radius 3 is 2.82 bits per heavy atom. The summed E-state index contributed by atoms with van der Waals surface area (Å²) in [6, 6.07) is 3.00. The Morgan fingerprint density at radius 2 is 2.00 bits per heavy atom. The van der Waals surface area contributed by atoms with Crippen molar-refractivity contribution in [2.45, 2.75) is 37.8 Å². The minimum atomic E-state index is -0.517. The molecule has 0 aromatic heterocycles. The second-order valence-electron chi connectivity index (χ2n) is 5.00. The third kappa shape index (κ3) is 1.66. The summed E-state index contributed by atoms with van der Waals surface area (Å²) >= 11 is 0. The molecule has 0 amide bonds. The van der Waals surface area contributed by atoms with Crippen LogP contribution >= 0.6 is 0 Å². The molecule has 2 atom stereocenters. The van der Waals surface area contributed by atoms with Gasteiger partial charge in [0.15, 0.2) is 5.82 Å². The molecule has 0 saturated heterocycles.